The van der Waals surface area contributed by atoms with Crippen molar-refractivity contribution in [2.24, 2.45) is 0 Å². The predicted octanol–water partition coefficient (Wildman–Crippen LogP) is 3.22. The quantitative estimate of drug-likeness (QED) is 0.445. The molecule has 0 saturated carbocycles. The van der Waals surface area contributed by atoms with Gasteiger partial charge in [-0.1, -0.05) is 23.9 Å². The van der Waals surface area contributed by atoms with Crippen LogP contribution in [0.15, 0.2) is 52.2 Å². The number of nitrogens with one attached hydrogen (secondary N) is 2. The van der Waals surface area contributed by atoms with Crippen LogP contribution >= 0.6 is 11.8 Å². The molecule has 1 atom stereocenters. The highest BCUT2D eigenvalue weighted by atomic mass is 32.2. The van der Waals surface area contributed by atoms with Crippen LogP contribution in [0.25, 0.3) is 10.9 Å². The van der Waals surface area contributed by atoms with E-state index in [1.807, 2.05) is 30.3 Å². The van der Waals surface area contributed by atoms with E-state index in [-0.39, 0.29) is 17.8 Å². The SMILES string of the molecule is O=C(CSc1nc(NC[C@H]2CCCO2)c2ccccc2n1)NCc1ccco1. The van der Waals surface area contributed by atoms with Gasteiger partial charge in [-0.15, -0.1) is 0 Å². The molecule has 1 aromatic carbocycles. The van der Waals surface area contributed by atoms with E-state index < -0.39 is 0 Å². The minimum absolute atomic E-state index is 0.0907. The number of nitrogens with zero attached hydrogens (tertiary/aromatic N) is 2. The third-order valence-electron chi connectivity index (χ3n) is 4.48. The number of anilines is 1. The number of fused-ring (bicyclic) bond motifs is 1. The smallest absolute Gasteiger partial charge is 0.230 e. The summed E-state index contributed by atoms with van der Waals surface area (Å²) >= 11 is 1.32. The summed E-state index contributed by atoms with van der Waals surface area (Å²) in [5, 5.41) is 7.76. The molecular formula is C20H22N4O3S. The van der Waals surface area contributed by atoms with Crippen LogP contribution in [0, 0.1) is 0 Å². The van der Waals surface area contributed by atoms with Crippen molar-refractivity contribution in [3.63, 3.8) is 0 Å². The standard InChI is InChI=1S/C20H22N4O3S/c25-18(21-11-14-5-3-9-26-14)13-28-20-23-17-8-2-1-7-16(17)19(24-20)22-12-15-6-4-10-27-15/h1-3,5,7-9,15H,4,6,10-13H2,(H,21,25)(H,22,23,24)/t15-/m1/s1. The normalized spacial score (nSPS) is 16.4. The number of ether oxygens (including phenoxy) is 1. The molecule has 1 aliphatic heterocycles. The number of carbonyl (C=O) groups excluding carboxylic acids is 1. The summed E-state index contributed by atoms with van der Waals surface area (Å²) < 4.78 is 10.9. The first-order chi connectivity index (χ1) is 13.8. The first kappa shape index (κ1) is 18.8. The molecule has 3 heterocycles. The molecule has 2 aromatic heterocycles. The maximum Gasteiger partial charge on any atom is 0.230 e. The molecule has 0 radical (unpaired) electrons. The fraction of sp³-hybridized carbons (Fsp3) is 0.350. The molecule has 146 valence electrons. The Hall–Kier alpha value is -2.58. The number of thioether (sulfide) groups is 1. The van der Waals surface area contributed by atoms with Crippen LogP contribution in [0.3, 0.4) is 0 Å². The molecule has 0 bridgehead atoms. The van der Waals surface area contributed by atoms with E-state index in [0.29, 0.717) is 11.7 Å². The Morgan fingerprint density at radius 3 is 2.96 bits per heavy atom. The van der Waals surface area contributed by atoms with Crippen LogP contribution < -0.4 is 10.6 Å². The number of benzene rings is 1. The van der Waals surface area contributed by atoms with E-state index in [1.54, 1.807) is 12.3 Å². The van der Waals surface area contributed by atoms with E-state index in [0.717, 1.165) is 48.5 Å². The van der Waals surface area contributed by atoms with Gasteiger partial charge in [-0.25, -0.2) is 9.97 Å². The number of furan rings is 1. The van der Waals surface area contributed by atoms with Crippen LogP contribution in [0.2, 0.25) is 0 Å². The Morgan fingerprint density at radius 2 is 2.14 bits per heavy atom. The Labute approximate surface area is 167 Å². The molecule has 0 unspecified atom stereocenters. The highest BCUT2D eigenvalue weighted by molar-refractivity contribution is 7.99. The molecule has 1 fully saturated rings. The Bertz CT molecular complexity index is 926. The number of amides is 1. The molecule has 3 aromatic rings. The molecule has 1 saturated heterocycles. The lowest BCUT2D eigenvalue weighted by molar-refractivity contribution is -0.118. The number of aromatic nitrogens is 2. The van der Waals surface area contributed by atoms with Crippen LogP contribution in [-0.4, -0.2) is 40.9 Å². The van der Waals surface area contributed by atoms with Crippen LogP contribution in [0.1, 0.15) is 18.6 Å². The van der Waals surface area contributed by atoms with Crippen molar-refractivity contribution < 1.29 is 13.9 Å². The van der Waals surface area contributed by atoms with Crippen LogP contribution in [0.4, 0.5) is 5.82 Å². The fourth-order valence-electron chi connectivity index (χ4n) is 3.05. The first-order valence-electron chi connectivity index (χ1n) is 9.32. The Morgan fingerprint density at radius 1 is 1.21 bits per heavy atom. The van der Waals surface area contributed by atoms with E-state index in [4.69, 9.17) is 9.15 Å². The molecule has 1 amide bonds. The summed E-state index contributed by atoms with van der Waals surface area (Å²) in [4.78, 5) is 21.3. The van der Waals surface area contributed by atoms with E-state index in [9.17, 15) is 4.79 Å². The number of rotatable bonds is 8. The fourth-order valence-corrected chi connectivity index (χ4v) is 3.73. The van der Waals surface area contributed by atoms with Gasteiger partial charge in [-0.2, -0.15) is 0 Å². The van der Waals surface area contributed by atoms with Crippen molar-refractivity contribution in [2.75, 3.05) is 24.2 Å². The highest BCUT2D eigenvalue weighted by Crippen LogP contribution is 2.25. The summed E-state index contributed by atoms with van der Waals surface area (Å²) in [7, 11) is 0. The topological polar surface area (TPSA) is 89.3 Å². The minimum Gasteiger partial charge on any atom is -0.467 e. The van der Waals surface area contributed by atoms with Gasteiger partial charge in [0.05, 0.1) is 30.2 Å². The molecular weight excluding hydrogens is 376 g/mol. The summed E-state index contributed by atoms with van der Waals surface area (Å²) in [5.41, 5.74) is 0.853. The van der Waals surface area contributed by atoms with Crippen molar-refractivity contribution >= 4 is 34.4 Å². The lowest BCUT2D eigenvalue weighted by Crippen LogP contribution is -2.24. The second-order valence-corrected chi connectivity index (χ2v) is 7.48. The van der Waals surface area contributed by atoms with Crippen LogP contribution in [-0.2, 0) is 16.1 Å². The van der Waals surface area contributed by atoms with E-state index >= 15 is 0 Å². The van der Waals surface area contributed by atoms with Gasteiger partial charge in [0.1, 0.15) is 11.6 Å². The number of carbonyl (C=O) groups is 1. The zero-order valence-electron chi connectivity index (χ0n) is 15.4. The average Bonchev–Trinajstić information content (AvgIpc) is 3.43. The van der Waals surface area contributed by atoms with Gasteiger partial charge in [0.25, 0.3) is 0 Å². The number of hydrogen-bond donors (Lipinski definition) is 2. The van der Waals surface area contributed by atoms with Crippen molar-refractivity contribution in [2.45, 2.75) is 30.6 Å². The third kappa shape index (κ3) is 4.82. The molecule has 1 aliphatic rings. The van der Waals surface area contributed by atoms with Gasteiger partial charge < -0.3 is 19.8 Å². The minimum atomic E-state index is -0.0907. The van der Waals surface area contributed by atoms with Gasteiger partial charge in [-0.05, 0) is 37.1 Å². The summed E-state index contributed by atoms with van der Waals surface area (Å²) in [6.07, 6.45) is 3.97. The maximum absolute atomic E-state index is 12.1. The molecule has 4 rings (SSSR count). The predicted molar refractivity (Wildman–Crippen MR) is 108 cm³/mol. The average molecular weight is 398 g/mol. The van der Waals surface area contributed by atoms with E-state index in [1.165, 1.54) is 11.8 Å². The Kier molecular flexibility index (Phi) is 6.08. The zero-order valence-corrected chi connectivity index (χ0v) is 16.2. The first-order valence-corrected chi connectivity index (χ1v) is 10.3. The zero-order chi connectivity index (χ0) is 19.2. The monoisotopic (exact) mass is 398 g/mol. The van der Waals surface area contributed by atoms with Gasteiger partial charge in [-0.3, -0.25) is 4.79 Å². The summed E-state index contributed by atoms with van der Waals surface area (Å²) in [5.74, 6) is 1.65. The molecule has 28 heavy (non-hydrogen) atoms. The summed E-state index contributed by atoms with van der Waals surface area (Å²) in [6, 6.07) is 11.5. The van der Waals surface area contributed by atoms with Crippen LogP contribution in [0.5, 0.6) is 0 Å². The Balaban J connectivity index is 1.40. The largest absolute Gasteiger partial charge is 0.467 e. The van der Waals surface area contributed by atoms with Gasteiger partial charge in [0.15, 0.2) is 5.16 Å². The van der Waals surface area contributed by atoms with Crippen molar-refractivity contribution in [3.05, 3.63) is 48.4 Å². The van der Waals surface area contributed by atoms with Gasteiger partial charge in [0, 0.05) is 18.5 Å². The number of para-hydroxylation sites is 1. The van der Waals surface area contributed by atoms with Crippen molar-refractivity contribution in [1.82, 2.24) is 15.3 Å². The second-order valence-electron chi connectivity index (χ2n) is 6.53. The molecule has 0 spiro atoms. The lowest BCUT2D eigenvalue weighted by Gasteiger charge is -2.14. The second kappa shape index (κ2) is 9.07. The molecule has 0 aliphatic carbocycles. The molecule has 2 N–H and O–H groups in total. The molecule has 7 nitrogen and oxygen atoms in total. The lowest BCUT2D eigenvalue weighted by atomic mass is 10.2. The van der Waals surface area contributed by atoms with Crippen molar-refractivity contribution in [3.8, 4) is 0 Å². The van der Waals surface area contributed by atoms with Gasteiger partial charge >= 0.3 is 0 Å². The molecule has 8 heteroatoms. The summed E-state index contributed by atoms with van der Waals surface area (Å²) in [6.45, 7) is 1.92. The van der Waals surface area contributed by atoms with E-state index in [2.05, 4.69) is 20.6 Å². The maximum atomic E-state index is 12.1. The highest BCUT2D eigenvalue weighted by Gasteiger charge is 2.16. The van der Waals surface area contributed by atoms with Gasteiger partial charge in [0.2, 0.25) is 5.91 Å². The third-order valence-corrected chi connectivity index (χ3v) is 5.32. The van der Waals surface area contributed by atoms with Crippen molar-refractivity contribution in [1.29, 1.82) is 0 Å². The number of hydrogen-bond acceptors (Lipinski definition) is 7.